The lowest BCUT2D eigenvalue weighted by atomic mass is 10.1. The molecule has 0 saturated heterocycles. The number of anilines is 1. The average Bonchev–Trinajstić information content (AvgIpc) is 3.19. The summed E-state index contributed by atoms with van der Waals surface area (Å²) in [4.78, 5) is 74.6. The molecule has 0 aliphatic carbocycles. The number of nitrogens with one attached hydrogen (secondary N) is 6. The van der Waals surface area contributed by atoms with Gasteiger partial charge in [-0.3, -0.25) is 28.8 Å². The van der Waals surface area contributed by atoms with Crippen molar-refractivity contribution in [2.75, 3.05) is 84.4 Å². The van der Waals surface area contributed by atoms with E-state index in [0.717, 1.165) is 17.7 Å². The number of amides is 5. The van der Waals surface area contributed by atoms with Gasteiger partial charge >= 0.3 is 5.97 Å². The second kappa shape index (κ2) is 29.3. The molecular formula is C40H60N6O11. The summed E-state index contributed by atoms with van der Waals surface area (Å²) in [6, 6.07) is 15.1. The number of ether oxygens (including phenoxy) is 5. The van der Waals surface area contributed by atoms with Crippen molar-refractivity contribution in [2.24, 2.45) is 5.92 Å². The van der Waals surface area contributed by atoms with Crippen LogP contribution >= 0.6 is 0 Å². The van der Waals surface area contributed by atoms with Crippen LogP contribution in [0, 0.1) is 5.92 Å². The maximum absolute atomic E-state index is 13.1. The van der Waals surface area contributed by atoms with Crippen molar-refractivity contribution < 1.29 is 52.5 Å². The van der Waals surface area contributed by atoms with Crippen LogP contribution < -0.4 is 31.9 Å². The second-order valence-electron chi connectivity index (χ2n) is 13.4. The van der Waals surface area contributed by atoms with Crippen molar-refractivity contribution in [1.29, 1.82) is 0 Å². The van der Waals surface area contributed by atoms with E-state index in [1.165, 1.54) is 0 Å². The van der Waals surface area contributed by atoms with Gasteiger partial charge in [0.25, 0.3) is 0 Å². The average molecular weight is 801 g/mol. The number of carbonyl (C=O) groups is 6. The van der Waals surface area contributed by atoms with Gasteiger partial charge in [0.2, 0.25) is 29.5 Å². The standard InChI is InChI=1S/C40H60N6O11/c1-29(2)40(52)57-28-32-10-12-33(13-11-32)45-37(49)27-44-39(51)34(24-31-8-6-5-7-9-31)46-38(50)26-43-36(48)25-42-35(47)14-16-53-18-20-55-22-23-56-21-19-54-17-15-41-30(3)4/h5-13,29-30,34,41H,14-28H2,1-4H3,(H,42,47)(H,43,48)(H,44,51)(H,45,49)(H,46,50)/t34-/m0/s1. The fourth-order valence-electron chi connectivity index (χ4n) is 4.66. The van der Waals surface area contributed by atoms with E-state index < -0.39 is 42.1 Å². The molecule has 0 bridgehead atoms. The van der Waals surface area contributed by atoms with Gasteiger partial charge in [-0.1, -0.05) is 70.2 Å². The van der Waals surface area contributed by atoms with Crippen LogP contribution in [0.5, 0.6) is 0 Å². The molecule has 0 radical (unpaired) electrons. The van der Waals surface area contributed by atoms with E-state index in [2.05, 4.69) is 45.7 Å². The second-order valence-corrected chi connectivity index (χ2v) is 13.4. The lowest BCUT2D eigenvalue weighted by Gasteiger charge is -2.19. The smallest absolute Gasteiger partial charge is 0.308 e. The van der Waals surface area contributed by atoms with Gasteiger partial charge in [-0.15, -0.1) is 0 Å². The Morgan fingerprint density at radius 3 is 1.75 bits per heavy atom. The predicted molar refractivity (Wildman–Crippen MR) is 212 cm³/mol. The van der Waals surface area contributed by atoms with Crippen molar-refractivity contribution in [1.82, 2.24) is 26.6 Å². The Bertz CT molecular complexity index is 1490. The zero-order valence-corrected chi connectivity index (χ0v) is 33.5. The third-order valence-corrected chi connectivity index (χ3v) is 7.73. The van der Waals surface area contributed by atoms with Crippen LogP contribution in [0.15, 0.2) is 54.6 Å². The molecule has 0 aromatic heterocycles. The summed E-state index contributed by atoms with van der Waals surface area (Å²) in [5.74, 6) is -3.30. The van der Waals surface area contributed by atoms with Gasteiger partial charge in [0.15, 0.2) is 0 Å². The van der Waals surface area contributed by atoms with E-state index in [1.54, 1.807) is 62.4 Å². The van der Waals surface area contributed by atoms with Gasteiger partial charge < -0.3 is 55.6 Å². The lowest BCUT2D eigenvalue weighted by molar-refractivity contribution is -0.148. The summed E-state index contributed by atoms with van der Waals surface area (Å²) >= 11 is 0. The molecule has 0 aliphatic rings. The highest BCUT2D eigenvalue weighted by molar-refractivity contribution is 5.96. The minimum atomic E-state index is -1.05. The van der Waals surface area contributed by atoms with Crippen LogP contribution in [0.4, 0.5) is 5.69 Å². The number of rotatable bonds is 30. The first kappa shape index (κ1) is 48.2. The Morgan fingerprint density at radius 2 is 1.14 bits per heavy atom. The number of carbonyl (C=O) groups excluding carboxylic acids is 6. The molecule has 0 saturated carbocycles. The fourth-order valence-corrected chi connectivity index (χ4v) is 4.66. The number of hydrogen-bond acceptors (Lipinski definition) is 12. The highest BCUT2D eigenvalue weighted by Gasteiger charge is 2.22. The minimum absolute atomic E-state index is 0.0291. The topological polar surface area (TPSA) is 221 Å². The van der Waals surface area contributed by atoms with E-state index in [4.69, 9.17) is 23.7 Å². The molecule has 2 aromatic rings. The highest BCUT2D eigenvalue weighted by Crippen LogP contribution is 2.11. The van der Waals surface area contributed by atoms with Gasteiger partial charge in [0.1, 0.15) is 12.6 Å². The zero-order chi connectivity index (χ0) is 41.7. The maximum atomic E-state index is 13.1. The molecule has 0 fully saturated rings. The molecule has 0 spiro atoms. The molecule has 0 unspecified atom stereocenters. The van der Waals surface area contributed by atoms with Gasteiger partial charge in [-0.2, -0.15) is 0 Å². The number of hydrogen-bond donors (Lipinski definition) is 6. The van der Waals surface area contributed by atoms with Gasteiger partial charge in [-0.25, -0.2) is 0 Å². The third-order valence-electron chi connectivity index (χ3n) is 7.73. The van der Waals surface area contributed by atoms with Crippen LogP contribution in [0.3, 0.4) is 0 Å². The SMILES string of the molecule is CC(C)NCCOCCOCCOCCOCCC(=O)NCC(=O)NCC(=O)N[C@@H](Cc1ccccc1)C(=O)NCC(=O)Nc1ccc(COC(=O)C(C)C)cc1. The van der Waals surface area contributed by atoms with Crippen molar-refractivity contribution in [3.8, 4) is 0 Å². The van der Waals surface area contributed by atoms with Gasteiger partial charge in [0.05, 0.1) is 78.4 Å². The fraction of sp³-hybridized carbons (Fsp3) is 0.550. The van der Waals surface area contributed by atoms with E-state index in [-0.39, 0.29) is 51.0 Å². The Hall–Kier alpha value is -4.94. The highest BCUT2D eigenvalue weighted by atomic mass is 16.6. The summed E-state index contributed by atoms with van der Waals surface area (Å²) < 4.78 is 26.9. The zero-order valence-electron chi connectivity index (χ0n) is 33.5. The molecule has 5 amide bonds. The molecule has 1 atom stereocenters. The van der Waals surface area contributed by atoms with E-state index in [1.807, 2.05) is 6.07 Å². The van der Waals surface area contributed by atoms with Crippen LogP contribution in [-0.2, 0) is 65.5 Å². The van der Waals surface area contributed by atoms with Crippen molar-refractivity contribution in [3.63, 3.8) is 0 Å². The van der Waals surface area contributed by atoms with Gasteiger partial charge in [0, 0.05) is 31.1 Å². The number of benzene rings is 2. The van der Waals surface area contributed by atoms with Crippen molar-refractivity contribution in [3.05, 3.63) is 65.7 Å². The number of esters is 1. The quantitative estimate of drug-likeness (QED) is 0.0479. The molecule has 17 heteroatoms. The first-order valence-electron chi connectivity index (χ1n) is 19.2. The third kappa shape index (κ3) is 24.3. The molecular weight excluding hydrogens is 740 g/mol. The van der Waals surface area contributed by atoms with Crippen LogP contribution in [0.25, 0.3) is 0 Å². The maximum Gasteiger partial charge on any atom is 0.308 e. The van der Waals surface area contributed by atoms with Crippen LogP contribution in [0.2, 0.25) is 0 Å². The molecule has 57 heavy (non-hydrogen) atoms. The van der Waals surface area contributed by atoms with Crippen LogP contribution in [-0.4, -0.2) is 127 Å². The summed E-state index contributed by atoms with van der Waals surface area (Å²) in [6.07, 6.45) is 0.157. The molecule has 0 aliphatic heterocycles. The summed E-state index contributed by atoms with van der Waals surface area (Å²) in [7, 11) is 0. The Morgan fingerprint density at radius 1 is 0.579 bits per heavy atom. The largest absolute Gasteiger partial charge is 0.461 e. The first-order chi connectivity index (χ1) is 27.4. The summed E-state index contributed by atoms with van der Waals surface area (Å²) in [5.41, 5.74) is 1.98. The monoisotopic (exact) mass is 800 g/mol. The Kier molecular flexibility index (Phi) is 24.8. The van der Waals surface area contributed by atoms with E-state index in [9.17, 15) is 28.8 Å². The van der Waals surface area contributed by atoms with E-state index >= 15 is 0 Å². The summed E-state index contributed by atoms with van der Waals surface area (Å²) in [5, 5.41) is 16.0. The Labute approximate surface area is 335 Å². The normalized spacial score (nSPS) is 11.5. The minimum Gasteiger partial charge on any atom is -0.461 e. The predicted octanol–water partition coefficient (Wildman–Crippen LogP) is 0.855. The Balaban J connectivity index is 1.62. The molecule has 316 valence electrons. The van der Waals surface area contributed by atoms with Crippen molar-refractivity contribution >= 4 is 41.2 Å². The molecule has 17 nitrogen and oxygen atoms in total. The lowest BCUT2D eigenvalue weighted by Crippen LogP contribution is -2.52. The van der Waals surface area contributed by atoms with Gasteiger partial charge in [-0.05, 0) is 23.3 Å². The molecule has 2 aromatic carbocycles. The van der Waals surface area contributed by atoms with Crippen LogP contribution in [0.1, 0.15) is 45.2 Å². The molecule has 0 heterocycles. The van der Waals surface area contributed by atoms with Crippen molar-refractivity contribution in [2.45, 2.75) is 59.2 Å². The molecule has 6 N–H and O–H groups in total. The summed E-state index contributed by atoms with van der Waals surface area (Å²) in [6.45, 7) is 10.6. The van der Waals surface area contributed by atoms with E-state index in [0.29, 0.717) is 58.0 Å². The first-order valence-corrected chi connectivity index (χ1v) is 19.2. The molecule has 2 rings (SSSR count).